The summed E-state index contributed by atoms with van der Waals surface area (Å²) in [7, 11) is -3.77. The molecule has 2 aromatic rings. The molecule has 0 saturated heterocycles. The number of hydrogen-bond acceptors (Lipinski definition) is 4. The molecule has 0 spiro atoms. The predicted molar refractivity (Wildman–Crippen MR) is 109 cm³/mol. The van der Waals surface area contributed by atoms with Gasteiger partial charge in [0.15, 0.2) is 0 Å². The monoisotopic (exact) mass is 423 g/mol. The third-order valence-electron chi connectivity index (χ3n) is 4.15. The van der Waals surface area contributed by atoms with Gasteiger partial charge < -0.3 is 10.2 Å². The maximum Gasteiger partial charge on any atom is 0.255 e. The standard InChI is InChI=1S/C19H22ClN3O4S/c1-3-23(4-2)19(25)16-10-7-14(12-17(16)20)22-18(24)11-13-5-8-15(9-6-13)28(21,26)27/h5-10,12H,3-4,11H2,1-2H3,(H,22,24)(H2,21,26,27). The van der Waals surface area contributed by atoms with Crippen LogP contribution in [-0.4, -0.2) is 38.2 Å². The quantitative estimate of drug-likeness (QED) is 0.713. The van der Waals surface area contributed by atoms with Gasteiger partial charge in [0.1, 0.15) is 0 Å². The van der Waals surface area contributed by atoms with Crippen LogP contribution in [0, 0.1) is 0 Å². The molecule has 9 heteroatoms. The number of hydrogen-bond donors (Lipinski definition) is 2. The van der Waals surface area contributed by atoms with Crippen LogP contribution in [0.1, 0.15) is 29.8 Å². The summed E-state index contributed by atoms with van der Waals surface area (Å²) in [5.74, 6) is -0.468. The molecule has 0 aliphatic carbocycles. The van der Waals surface area contributed by atoms with E-state index in [9.17, 15) is 18.0 Å². The van der Waals surface area contributed by atoms with E-state index in [0.29, 0.717) is 29.9 Å². The number of nitrogens with two attached hydrogens (primary N) is 1. The third kappa shape index (κ3) is 5.54. The maximum atomic E-state index is 12.4. The highest BCUT2D eigenvalue weighted by molar-refractivity contribution is 7.89. The smallest absolute Gasteiger partial charge is 0.255 e. The number of anilines is 1. The van der Waals surface area contributed by atoms with E-state index in [2.05, 4.69) is 5.32 Å². The molecule has 0 atom stereocenters. The van der Waals surface area contributed by atoms with Gasteiger partial charge in [0.2, 0.25) is 15.9 Å². The van der Waals surface area contributed by atoms with Crippen molar-refractivity contribution in [2.45, 2.75) is 25.2 Å². The van der Waals surface area contributed by atoms with Gasteiger partial charge in [0.05, 0.1) is 21.9 Å². The van der Waals surface area contributed by atoms with Crippen LogP contribution in [0.25, 0.3) is 0 Å². The van der Waals surface area contributed by atoms with Crippen molar-refractivity contribution in [1.29, 1.82) is 0 Å². The van der Waals surface area contributed by atoms with E-state index >= 15 is 0 Å². The number of sulfonamides is 1. The molecule has 3 N–H and O–H groups in total. The van der Waals surface area contributed by atoms with E-state index in [0.717, 1.165) is 0 Å². The predicted octanol–water partition coefficient (Wildman–Crippen LogP) is 2.65. The first kappa shape index (κ1) is 21.9. The topological polar surface area (TPSA) is 110 Å². The van der Waals surface area contributed by atoms with Gasteiger partial charge in [-0.05, 0) is 49.7 Å². The van der Waals surface area contributed by atoms with Crippen molar-refractivity contribution in [2.24, 2.45) is 5.14 Å². The first-order valence-electron chi connectivity index (χ1n) is 8.66. The van der Waals surface area contributed by atoms with Gasteiger partial charge in [-0.15, -0.1) is 0 Å². The molecule has 2 rings (SSSR count). The summed E-state index contributed by atoms with van der Waals surface area (Å²) in [6, 6.07) is 10.5. The second-order valence-electron chi connectivity index (χ2n) is 6.09. The Morgan fingerprint density at radius 1 is 1.07 bits per heavy atom. The number of rotatable bonds is 7. The Hall–Kier alpha value is -2.42. The highest BCUT2D eigenvalue weighted by Crippen LogP contribution is 2.23. The Morgan fingerprint density at radius 3 is 2.18 bits per heavy atom. The van der Waals surface area contributed by atoms with Crippen LogP contribution in [0.15, 0.2) is 47.4 Å². The van der Waals surface area contributed by atoms with Crippen molar-refractivity contribution in [3.63, 3.8) is 0 Å². The lowest BCUT2D eigenvalue weighted by molar-refractivity contribution is -0.115. The molecule has 0 heterocycles. The fourth-order valence-corrected chi connectivity index (χ4v) is 3.41. The number of carbonyl (C=O) groups excluding carboxylic acids is 2. The molecule has 0 aromatic heterocycles. The van der Waals surface area contributed by atoms with E-state index < -0.39 is 10.0 Å². The maximum absolute atomic E-state index is 12.4. The second kappa shape index (κ2) is 9.18. The lowest BCUT2D eigenvalue weighted by Gasteiger charge is -2.19. The molecule has 0 aliphatic heterocycles. The number of nitrogens with one attached hydrogen (secondary N) is 1. The van der Waals surface area contributed by atoms with E-state index in [1.807, 2.05) is 13.8 Å². The summed E-state index contributed by atoms with van der Waals surface area (Å²) in [6.07, 6.45) is 0.0443. The number of primary sulfonamides is 1. The van der Waals surface area contributed by atoms with Gasteiger partial charge >= 0.3 is 0 Å². The van der Waals surface area contributed by atoms with E-state index in [4.69, 9.17) is 16.7 Å². The molecule has 0 unspecified atom stereocenters. The fraction of sp³-hybridized carbons (Fsp3) is 0.263. The molecule has 0 fully saturated rings. The van der Waals surface area contributed by atoms with Gasteiger partial charge in [-0.25, -0.2) is 13.6 Å². The number of amides is 2. The molecule has 2 aromatic carbocycles. The summed E-state index contributed by atoms with van der Waals surface area (Å²) >= 11 is 6.22. The van der Waals surface area contributed by atoms with Gasteiger partial charge in [0.25, 0.3) is 5.91 Å². The average Bonchev–Trinajstić information content (AvgIpc) is 2.62. The van der Waals surface area contributed by atoms with Gasteiger partial charge in [-0.3, -0.25) is 9.59 Å². The number of halogens is 1. The first-order valence-corrected chi connectivity index (χ1v) is 10.6. The molecule has 150 valence electrons. The van der Waals surface area contributed by atoms with Crippen molar-refractivity contribution in [3.05, 3.63) is 58.6 Å². The Bertz CT molecular complexity index is 971. The van der Waals surface area contributed by atoms with Crippen LogP contribution in [0.4, 0.5) is 5.69 Å². The van der Waals surface area contributed by atoms with Crippen LogP contribution in [0.5, 0.6) is 0 Å². The Kier molecular flexibility index (Phi) is 7.17. The zero-order valence-electron chi connectivity index (χ0n) is 15.6. The van der Waals surface area contributed by atoms with Gasteiger partial charge in [-0.1, -0.05) is 23.7 Å². The first-order chi connectivity index (χ1) is 13.2. The van der Waals surface area contributed by atoms with Gasteiger partial charge in [-0.2, -0.15) is 0 Å². The van der Waals surface area contributed by atoms with E-state index in [1.54, 1.807) is 17.0 Å². The Morgan fingerprint density at radius 2 is 1.68 bits per heavy atom. The molecule has 0 bridgehead atoms. The van der Waals surface area contributed by atoms with E-state index in [1.165, 1.54) is 30.3 Å². The zero-order valence-corrected chi connectivity index (χ0v) is 17.2. The highest BCUT2D eigenvalue weighted by Gasteiger charge is 2.16. The van der Waals surface area contributed by atoms with Crippen LogP contribution in [-0.2, 0) is 21.2 Å². The molecule has 0 radical (unpaired) electrons. The highest BCUT2D eigenvalue weighted by atomic mass is 35.5. The lowest BCUT2D eigenvalue weighted by Crippen LogP contribution is -2.30. The summed E-state index contributed by atoms with van der Waals surface area (Å²) in [4.78, 5) is 26.3. The summed E-state index contributed by atoms with van der Waals surface area (Å²) < 4.78 is 22.5. The van der Waals surface area contributed by atoms with Crippen LogP contribution < -0.4 is 10.5 Å². The normalized spacial score (nSPS) is 11.1. The summed E-state index contributed by atoms with van der Waals surface area (Å²) in [6.45, 7) is 4.93. The summed E-state index contributed by atoms with van der Waals surface area (Å²) in [5, 5.41) is 8.01. The third-order valence-corrected chi connectivity index (χ3v) is 5.39. The van der Waals surface area contributed by atoms with Crippen molar-refractivity contribution in [2.75, 3.05) is 18.4 Å². The summed E-state index contributed by atoms with van der Waals surface area (Å²) in [5.41, 5.74) is 1.47. The minimum Gasteiger partial charge on any atom is -0.339 e. The number of carbonyl (C=O) groups is 2. The lowest BCUT2D eigenvalue weighted by atomic mass is 10.1. The minimum absolute atomic E-state index is 0.0168. The zero-order chi connectivity index (χ0) is 20.9. The fourth-order valence-electron chi connectivity index (χ4n) is 2.64. The molecule has 0 saturated carbocycles. The molecule has 7 nitrogen and oxygen atoms in total. The number of benzene rings is 2. The second-order valence-corrected chi connectivity index (χ2v) is 8.05. The molecular formula is C19H22ClN3O4S. The van der Waals surface area contributed by atoms with Crippen molar-refractivity contribution < 1.29 is 18.0 Å². The molecular weight excluding hydrogens is 402 g/mol. The van der Waals surface area contributed by atoms with E-state index in [-0.39, 0.29) is 28.2 Å². The average molecular weight is 424 g/mol. The SMILES string of the molecule is CCN(CC)C(=O)c1ccc(NC(=O)Cc2ccc(S(N)(=O)=O)cc2)cc1Cl. The molecule has 2 amide bonds. The largest absolute Gasteiger partial charge is 0.339 e. The van der Waals surface area contributed by atoms with Crippen LogP contribution in [0.3, 0.4) is 0 Å². The molecule has 28 heavy (non-hydrogen) atoms. The van der Waals surface area contributed by atoms with Crippen molar-refractivity contribution >= 4 is 39.1 Å². The van der Waals surface area contributed by atoms with Crippen LogP contribution >= 0.6 is 11.6 Å². The Balaban J connectivity index is 2.06. The minimum atomic E-state index is -3.77. The Labute approximate surface area is 169 Å². The van der Waals surface area contributed by atoms with Gasteiger partial charge in [0, 0.05) is 18.8 Å². The van der Waals surface area contributed by atoms with Crippen molar-refractivity contribution in [1.82, 2.24) is 4.90 Å². The number of nitrogens with zero attached hydrogens (tertiary/aromatic N) is 1. The molecule has 0 aliphatic rings. The van der Waals surface area contributed by atoms with Crippen molar-refractivity contribution in [3.8, 4) is 0 Å². The van der Waals surface area contributed by atoms with Crippen LogP contribution in [0.2, 0.25) is 5.02 Å².